The van der Waals surface area contributed by atoms with Crippen LogP contribution in [0, 0.1) is 12.7 Å². The van der Waals surface area contributed by atoms with Gasteiger partial charge in [-0.2, -0.15) is 0 Å². The number of imidazole rings is 1. The molecule has 0 spiro atoms. The molecule has 5 nitrogen and oxygen atoms in total. The monoisotopic (exact) mass is 303 g/mol. The molecule has 6 heteroatoms. The maximum Gasteiger partial charge on any atom is 0.151 e. The van der Waals surface area contributed by atoms with Gasteiger partial charge in [-0.1, -0.05) is 0 Å². The van der Waals surface area contributed by atoms with Crippen molar-refractivity contribution in [3.05, 3.63) is 41.2 Å². The van der Waals surface area contributed by atoms with Crippen LogP contribution >= 0.6 is 0 Å². The first-order valence-electron chi connectivity index (χ1n) is 7.51. The second-order valence-electron chi connectivity index (χ2n) is 5.76. The average Bonchev–Trinajstić information content (AvgIpc) is 2.92. The molecule has 0 aliphatic carbocycles. The summed E-state index contributed by atoms with van der Waals surface area (Å²) in [7, 11) is 0. The zero-order chi connectivity index (χ0) is 15.1. The first kappa shape index (κ1) is 13.7. The number of rotatable bonds is 2. The summed E-state index contributed by atoms with van der Waals surface area (Å²) in [5, 5.41) is 0. The van der Waals surface area contributed by atoms with Crippen LogP contribution < -0.4 is 4.74 Å². The van der Waals surface area contributed by atoms with E-state index in [1.807, 2.05) is 10.8 Å². The molecule has 116 valence electrons. The van der Waals surface area contributed by atoms with Crippen molar-refractivity contribution in [2.24, 2.45) is 0 Å². The lowest BCUT2D eigenvalue weighted by molar-refractivity contribution is 0.0337. The number of fused-ring (bicyclic) bond motifs is 3. The van der Waals surface area contributed by atoms with Crippen LogP contribution in [-0.4, -0.2) is 40.8 Å². The van der Waals surface area contributed by atoms with Gasteiger partial charge < -0.3 is 9.47 Å². The third-order valence-electron chi connectivity index (χ3n) is 4.17. The molecule has 0 N–H and O–H groups in total. The summed E-state index contributed by atoms with van der Waals surface area (Å²) in [6, 6.07) is 3.27. The standard InChI is InChI=1S/C16H18FN3O2/c1-11-6-15-14(7-13(11)17)20-9-12(18-16(20)10-22-15)8-19-2-4-21-5-3-19/h6-7,9H,2-5,8,10H2,1H3. The van der Waals surface area contributed by atoms with E-state index in [4.69, 9.17) is 9.47 Å². The summed E-state index contributed by atoms with van der Waals surface area (Å²) in [5.41, 5.74) is 2.30. The van der Waals surface area contributed by atoms with Crippen molar-refractivity contribution in [2.75, 3.05) is 26.3 Å². The molecule has 0 radical (unpaired) electrons. The van der Waals surface area contributed by atoms with Crippen LogP contribution in [0.3, 0.4) is 0 Å². The Bertz CT molecular complexity index is 708. The minimum atomic E-state index is -0.223. The SMILES string of the molecule is Cc1cc2c(cc1F)-n1cc(CN3CCOCC3)nc1CO2. The molecule has 0 bridgehead atoms. The molecule has 4 rings (SSSR count). The third kappa shape index (κ3) is 2.38. The number of aryl methyl sites for hydroxylation is 1. The fraction of sp³-hybridized carbons (Fsp3) is 0.438. The fourth-order valence-corrected chi connectivity index (χ4v) is 2.94. The van der Waals surface area contributed by atoms with E-state index < -0.39 is 0 Å². The molecule has 2 aliphatic rings. The highest BCUT2D eigenvalue weighted by molar-refractivity contribution is 5.51. The molecule has 0 unspecified atom stereocenters. The van der Waals surface area contributed by atoms with Gasteiger partial charge in [0.05, 0.1) is 24.6 Å². The lowest BCUT2D eigenvalue weighted by Crippen LogP contribution is -2.35. The molecule has 0 atom stereocenters. The van der Waals surface area contributed by atoms with Gasteiger partial charge in [0.1, 0.15) is 18.2 Å². The van der Waals surface area contributed by atoms with E-state index in [9.17, 15) is 4.39 Å². The predicted octanol–water partition coefficient (Wildman–Crippen LogP) is 2.04. The minimum Gasteiger partial charge on any atom is -0.483 e. The largest absolute Gasteiger partial charge is 0.483 e. The molecular formula is C16H18FN3O2. The maximum absolute atomic E-state index is 13.9. The van der Waals surface area contributed by atoms with Crippen molar-refractivity contribution in [3.8, 4) is 11.4 Å². The van der Waals surface area contributed by atoms with Gasteiger partial charge in [0, 0.05) is 31.9 Å². The molecule has 0 amide bonds. The Hall–Kier alpha value is -1.92. The van der Waals surface area contributed by atoms with Gasteiger partial charge in [0.15, 0.2) is 5.82 Å². The van der Waals surface area contributed by atoms with Gasteiger partial charge in [-0.05, 0) is 18.6 Å². The first-order chi connectivity index (χ1) is 10.7. The Kier molecular flexibility index (Phi) is 3.35. The van der Waals surface area contributed by atoms with Crippen LogP contribution in [0.4, 0.5) is 4.39 Å². The second-order valence-corrected chi connectivity index (χ2v) is 5.76. The van der Waals surface area contributed by atoms with Crippen molar-refractivity contribution in [1.82, 2.24) is 14.5 Å². The van der Waals surface area contributed by atoms with Crippen LogP contribution in [-0.2, 0) is 17.9 Å². The highest BCUT2D eigenvalue weighted by Gasteiger charge is 2.22. The number of benzene rings is 1. The summed E-state index contributed by atoms with van der Waals surface area (Å²) in [6.45, 7) is 6.32. The quantitative estimate of drug-likeness (QED) is 0.851. The van der Waals surface area contributed by atoms with Crippen LogP contribution in [0.2, 0.25) is 0 Å². The normalized spacial score (nSPS) is 17.7. The number of hydrogen-bond acceptors (Lipinski definition) is 4. The molecule has 1 fully saturated rings. The topological polar surface area (TPSA) is 39.5 Å². The van der Waals surface area contributed by atoms with E-state index >= 15 is 0 Å². The van der Waals surface area contributed by atoms with Crippen molar-refractivity contribution < 1.29 is 13.9 Å². The van der Waals surface area contributed by atoms with E-state index in [-0.39, 0.29) is 5.82 Å². The highest BCUT2D eigenvalue weighted by atomic mass is 19.1. The second kappa shape index (κ2) is 5.37. The van der Waals surface area contributed by atoms with E-state index in [0.717, 1.165) is 50.1 Å². The van der Waals surface area contributed by atoms with Gasteiger partial charge >= 0.3 is 0 Å². The molecule has 1 aromatic heterocycles. The Balaban J connectivity index is 1.64. The van der Waals surface area contributed by atoms with E-state index in [1.165, 1.54) is 6.07 Å². The van der Waals surface area contributed by atoms with Crippen LogP contribution in [0.5, 0.6) is 5.75 Å². The summed E-state index contributed by atoms with van der Waals surface area (Å²) >= 11 is 0. The molecule has 2 aromatic rings. The van der Waals surface area contributed by atoms with Gasteiger partial charge in [-0.3, -0.25) is 9.47 Å². The molecule has 1 aromatic carbocycles. The molecule has 2 aliphatic heterocycles. The first-order valence-corrected chi connectivity index (χ1v) is 7.51. The van der Waals surface area contributed by atoms with Crippen LogP contribution in [0.1, 0.15) is 17.1 Å². The Labute approximate surface area is 128 Å². The molecule has 1 saturated heterocycles. The number of hydrogen-bond donors (Lipinski definition) is 0. The number of morpholine rings is 1. The number of aromatic nitrogens is 2. The van der Waals surface area contributed by atoms with Crippen molar-refractivity contribution in [3.63, 3.8) is 0 Å². The van der Waals surface area contributed by atoms with Gasteiger partial charge in [0.2, 0.25) is 0 Å². The minimum absolute atomic E-state index is 0.223. The Morgan fingerprint density at radius 3 is 2.91 bits per heavy atom. The molecule has 22 heavy (non-hydrogen) atoms. The lowest BCUT2D eigenvalue weighted by atomic mass is 10.2. The van der Waals surface area contributed by atoms with Crippen LogP contribution in [0.25, 0.3) is 5.69 Å². The van der Waals surface area contributed by atoms with Gasteiger partial charge in [-0.25, -0.2) is 9.37 Å². The summed E-state index contributed by atoms with van der Waals surface area (Å²) in [5.74, 6) is 1.30. The Morgan fingerprint density at radius 1 is 1.27 bits per heavy atom. The summed E-state index contributed by atoms with van der Waals surface area (Å²) in [6.07, 6.45) is 1.99. The molecular weight excluding hydrogens is 285 g/mol. The summed E-state index contributed by atoms with van der Waals surface area (Å²) < 4.78 is 26.9. The maximum atomic E-state index is 13.9. The van der Waals surface area contributed by atoms with Crippen molar-refractivity contribution >= 4 is 0 Å². The molecule has 0 saturated carbocycles. The fourth-order valence-electron chi connectivity index (χ4n) is 2.94. The third-order valence-corrected chi connectivity index (χ3v) is 4.17. The number of ether oxygens (including phenoxy) is 2. The number of nitrogens with zero attached hydrogens (tertiary/aromatic N) is 3. The number of halogens is 1. The van der Waals surface area contributed by atoms with Crippen LogP contribution in [0.15, 0.2) is 18.3 Å². The zero-order valence-electron chi connectivity index (χ0n) is 12.5. The van der Waals surface area contributed by atoms with E-state index in [1.54, 1.807) is 13.0 Å². The summed E-state index contributed by atoms with van der Waals surface area (Å²) in [4.78, 5) is 6.94. The molecule has 3 heterocycles. The Morgan fingerprint density at radius 2 is 2.09 bits per heavy atom. The lowest BCUT2D eigenvalue weighted by Gasteiger charge is -2.25. The predicted molar refractivity (Wildman–Crippen MR) is 78.7 cm³/mol. The van der Waals surface area contributed by atoms with E-state index in [2.05, 4.69) is 9.88 Å². The van der Waals surface area contributed by atoms with Gasteiger partial charge in [0.25, 0.3) is 0 Å². The average molecular weight is 303 g/mol. The van der Waals surface area contributed by atoms with E-state index in [0.29, 0.717) is 17.9 Å². The van der Waals surface area contributed by atoms with Crippen molar-refractivity contribution in [1.29, 1.82) is 0 Å². The highest BCUT2D eigenvalue weighted by Crippen LogP contribution is 2.32. The van der Waals surface area contributed by atoms with Gasteiger partial charge in [-0.15, -0.1) is 0 Å². The van der Waals surface area contributed by atoms with Crippen molar-refractivity contribution in [2.45, 2.75) is 20.1 Å². The zero-order valence-corrected chi connectivity index (χ0v) is 12.5. The smallest absolute Gasteiger partial charge is 0.151 e.